The fourth-order valence-corrected chi connectivity index (χ4v) is 3.76. The molecular formula is C20H14N2O3U. The molecule has 26 heavy (non-hydrogen) atoms. The summed E-state index contributed by atoms with van der Waals surface area (Å²) >= 11 is 0. The van der Waals surface area contributed by atoms with Crippen LogP contribution in [0.5, 0.6) is 17.2 Å². The molecule has 5 nitrogen and oxygen atoms in total. The second-order valence-electron chi connectivity index (χ2n) is 6.22. The zero-order chi connectivity index (χ0) is 17.0. The van der Waals surface area contributed by atoms with Gasteiger partial charge in [0.1, 0.15) is 6.04 Å². The van der Waals surface area contributed by atoms with E-state index < -0.39 is 0 Å². The molecule has 0 saturated carbocycles. The molecule has 6 heteroatoms. The number of rotatable bonds is 1. The summed E-state index contributed by atoms with van der Waals surface area (Å²) in [6.07, 6.45) is 2.97. The van der Waals surface area contributed by atoms with E-state index in [0.29, 0.717) is 11.5 Å². The summed E-state index contributed by atoms with van der Waals surface area (Å²) in [6.45, 7) is 1.00. The minimum absolute atomic E-state index is 0. The molecule has 2 aromatic carbocycles. The quantitative estimate of drug-likeness (QED) is 0.495. The van der Waals surface area contributed by atoms with Crippen LogP contribution < -0.4 is 14.2 Å². The zero-order valence-corrected chi connectivity index (χ0v) is 18.1. The van der Waals surface area contributed by atoms with Gasteiger partial charge in [0.2, 0.25) is 6.79 Å². The van der Waals surface area contributed by atoms with E-state index in [0.717, 1.165) is 41.1 Å². The molecule has 0 N–H and O–H groups in total. The van der Waals surface area contributed by atoms with Crippen molar-refractivity contribution in [3.63, 3.8) is 0 Å². The van der Waals surface area contributed by atoms with Crippen molar-refractivity contribution < 1.29 is 45.3 Å². The molecule has 5 rings (SSSR count). The van der Waals surface area contributed by atoms with Crippen LogP contribution in [0, 0.1) is 55.6 Å². The van der Waals surface area contributed by atoms with E-state index in [9.17, 15) is 5.26 Å². The second kappa shape index (κ2) is 6.58. The topological polar surface area (TPSA) is 54.7 Å². The van der Waals surface area contributed by atoms with E-state index in [4.69, 9.17) is 14.2 Å². The van der Waals surface area contributed by atoms with Gasteiger partial charge in [-0.2, -0.15) is 18.4 Å². The molecule has 3 aliphatic rings. The SMILES string of the molecule is [CH2-]Oc1[c-]cc2c(c1)C1=Cc3cc4c(cc3C(C#N)N1CC2)OCO4.[U+2]. The van der Waals surface area contributed by atoms with Crippen LogP contribution in [0.1, 0.15) is 28.3 Å². The number of hydrogen-bond donors (Lipinski definition) is 0. The molecule has 1 unspecified atom stereocenters. The van der Waals surface area contributed by atoms with Crippen molar-refractivity contribution in [2.24, 2.45) is 0 Å². The molecule has 0 aliphatic carbocycles. The third kappa shape index (κ3) is 2.50. The van der Waals surface area contributed by atoms with E-state index in [1.54, 1.807) is 0 Å². The van der Waals surface area contributed by atoms with Gasteiger partial charge in [0.25, 0.3) is 0 Å². The van der Waals surface area contributed by atoms with Gasteiger partial charge >= 0.3 is 31.1 Å². The fraction of sp³-hybridized carbons (Fsp3) is 0.200. The van der Waals surface area contributed by atoms with Crippen LogP contribution in [0.25, 0.3) is 11.8 Å². The number of nitriles is 1. The molecule has 0 spiro atoms. The summed E-state index contributed by atoms with van der Waals surface area (Å²) in [7, 11) is 3.47. The van der Waals surface area contributed by atoms with Crippen LogP contribution in [0.3, 0.4) is 0 Å². The Labute approximate surface area is 175 Å². The van der Waals surface area contributed by atoms with Gasteiger partial charge in [-0.3, -0.25) is 0 Å². The van der Waals surface area contributed by atoms with Crippen molar-refractivity contribution >= 4 is 11.8 Å². The van der Waals surface area contributed by atoms with Crippen molar-refractivity contribution in [2.75, 3.05) is 13.3 Å². The van der Waals surface area contributed by atoms with Gasteiger partial charge in [-0.05, 0) is 29.5 Å². The van der Waals surface area contributed by atoms with E-state index in [-0.39, 0.29) is 43.9 Å². The average molecular weight is 568 g/mol. The van der Waals surface area contributed by atoms with Crippen LogP contribution in [0.2, 0.25) is 0 Å². The minimum Gasteiger partial charge on any atom is -0.683 e. The summed E-state index contributed by atoms with van der Waals surface area (Å²) in [5, 5.41) is 9.84. The summed E-state index contributed by atoms with van der Waals surface area (Å²) in [6, 6.07) is 12.9. The number of fused-ring (bicyclic) bond motifs is 5. The number of hydrogen-bond acceptors (Lipinski definition) is 5. The Kier molecular flexibility index (Phi) is 4.39. The molecule has 0 aromatic heterocycles. The smallest absolute Gasteiger partial charge is 0.683 e. The first kappa shape index (κ1) is 17.3. The monoisotopic (exact) mass is 568 g/mol. The van der Waals surface area contributed by atoms with Gasteiger partial charge in [0.15, 0.2) is 11.5 Å². The molecular weight excluding hydrogens is 554 g/mol. The third-order valence-electron chi connectivity index (χ3n) is 4.97. The van der Waals surface area contributed by atoms with Gasteiger partial charge in [-0.25, -0.2) is 0 Å². The van der Waals surface area contributed by atoms with Gasteiger partial charge in [-0.1, -0.05) is 6.42 Å². The van der Waals surface area contributed by atoms with Crippen LogP contribution in [-0.4, -0.2) is 18.2 Å². The number of nitrogens with zero attached hydrogens (tertiary/aromatic N) is 2. The van der Waals surface area contributed by atoms with Gasteiger partial charge < -0.3 is 19.1 Å². The minimum atomic E-state index is -0.356. The Balaban J connectivity index is 0.00000168. The van der Waals surface area contributed by atoms with E-state index in [2.05, 4.69) is 30.2 Å². The molecule has 3 heterocycles. The Morgan fingerprint density at radius 1 is 1.27 bits per heavy atom. The maximum absolute atomic E-state index is 9.84. The summed E-state index contributed by atoms with van der Waals surface area (Å²) < 4.78 is 16.1. The Morgan fingerprint density at radius 3 is 2.85 bits per heavy atom. The van der Waals surface area contributed by atoms with Crippen LogP contribution in [0.4, 0.5) is 0 Å². The molecule has 3 aliphatic heterocycles. The predicted octanol–water partition coefficient (Wildman–Crippen LogP) is 3.32. The van der Waals surface area contributed by atoms with Gasteiger partial charge in [0.05, 0.1) is 6.07 Å². The second-order valence-corrected chi connectivity index (χ2v) is 6.22. The summed E-state index contributed by atoms with van der Waals surface area (Å²) in [4.78, 5) is 2.14. The Bertz CT molecular complexity index is 964. The maximum atomic E-state index is 9.84. The molecule has 0 amide bonds. The van der Waals surface area contributed by atoms with Crippen molar-refractivity contribution in [1.29, 1.82) is 5.26 Å². The largest absolute Gasteiger partial charge is 2.00 e. The average Bonchev–Trinajstić information content (AvgIpc) is 3.11. The normalized spacial score (nSPS) is 18.5. The van der Waals surface area contributed by atoms with Crippen molar-refractivity contribution in [3.05, 3.63) is 59.7 Å². The molecule has 0 bridgehead atoms. The molecule has 2 aromatic rings. The van der Waals surface area contributed by atoms with E-state index >= 15 is 0 Å². The molecule has 0 fully saturated rings. The summed E-state index contributed by atoms with van der Waals surface area (Å²) in [5.41, 5.74) is 5.22. The summed E-state index contributed by atoms with van der Waals surface area (Å²) in [5.74, 6) is 2.02. The van der Waals surface area contributed by atoms with Crippen molar-refractivity contribution in [3.8, 4) is 23.3 Å². The number of benzene rings is 2. The molecule has 126 valence electrons. The van der Waals surface area contributed by atoms with E-state index in [1.165, 1.54) is 5.56 Å². The van der Waals surface area contributed by atoms with Crippen molar-refractivity contribution in [2.45, 2.75) is 12.5 Å². The molecule has 0 saturated heterocycles. The first-order valence-corrected chi connectivity index (χ1v) is 8.07. The fourth-order valence-electron chi connectivity index (χ4n) is 3.76. The standard InChI is InChI=1S/C20H14N2O3.U/c1-23-14-3-2-12-4-5-22-17(15(12)8-14)6-13-7-19-20(25-11-24-19)9-16(13)18(22)10-21;/h2,6-9,18H,1,4-5,11H2;/q-2;+2. The number of ether oxygens (including phenoxy) is 3. The first-order valence-electron chi connectivity index (χ1n) is 8.07. The first-order chi connectivity index (χ1) is 12.3. The zero-order valence-electron chi connectivity index (χ0n) is 13.9. The van der Waals surface area contributed by atoms with Crippen LogP contribution in [-0.2, 0) is 6.42 Å². The maximum Gasteiger partial charge on any atom is 2.00 e. The van der Waals surface area contributed by atoms with Crippen LogP contribution in [0.15, 0.2) is 24.3 Å². The third-order valence-corrected chi connectivity index (χ3v) is 4.97. The Morgan fingerprint density at radius 2 is 2.08 bits per heavy atom. The molecule has 0 radical (unpaired) electrons. The van der Waals surface area contributed by atoms with Crippen molar-refractivity contribution in [1.82, 2.24) is 4.90 Å². The van der Waals surface area contributed by atoms with E-state index in [1.807, 2.05) is 24.3 Å². The van der Waals surface area contributed by atoms with Gasteiger partial charge in [-0.15, -0.1) is 23.3 Å². The van der Waals surface area contributed by atoms with Gasteiger partial charge in [0, 0.05) is 17.8 Å². The van der Waals surface area contributed by atoms with Crippen LogP contribution >= 0.6 is 0 Å². The Hall–Kier alpha value is -2.08. The predicted molar refractivity (Wildman–Crippen MR) is 90.5 cm³/mol. The molecule has 1 atom stereocenters.